The first-order chi connectivity index (χ1) is 10.5. The average molecular weight is 304 g/mol. The maximum absolute atomic E-state index is 12.5. The molecule has 0 saturated heterocycles. The molecule has 22 heavy (non-hydrogen) atoms. The highest BCUT2D eigenvalue weighted by atomic mass is 16.2. The molecule has 0 fully saturated rings. The van der Waals surface area contributed by atoms with Gasteiger partial charge in [0.05, 0.1) is 0 Å². The zero-order chi connectivity index (χ0) is 16.5. The van der Waals surface area contributed by atoms with Crippen LogP contribution in [0, 0.1) is 0 Å². The van der Waals surface area contributed by atoms with Crippen LogP contribution in [0.4, 0.5) is 0 Å². The smallest absolute Gasteiger partial charge is 0.243 e. The van der Waals surface area contributed by atoms with Crippen LogP contribution in [0.1, 0.15) is 52.5 Å². The standard InChI is InChI=1S/C18H28N2O2/c1-5-14(4)19-18(22)16(6-2)20(17(21)7-3)13-15-11-9-8-10-12-15/h8-12,14,16H,5-7,13H2,1-4H3,(H,19,22)/t14-,16-/m1/s1. The van der Waals surface area contributed by atoms with Gasteiger partial charge in [-0.2, -0.15) is 0 Å². The summed E-state index contributed by atoms with van der Waals surface area (Å²) in [6.45, 7) is 8.26. The van der Waals surface area contributed by atoms with E-state index in [9.17, 15) is 9.59 Å². The summed E-state index contributed by atoms with van der Waals surface area (Å²) in [5.41, 5.74) is 1.04. The largest absolute Gasteiger partial charge is 0.352 e. The monoisotopic (exact) mass is 304 g/mol. The lowest BCUT2D eigenvalue weighted by atomic mass is 10.1. The highest BCUT2D eigenvalue weighted by Gasteiger charge is 2.28. The van der Waals surface area contributed by atoms with Crippen LogP contribution in [0.5, 0.6) is 0 Å². The number of hydrogen-bond acceptors (Lipinski definition) is 2. The van der Waals surface area contributed by atoms with Crippen molar-refractivity contribution in [2.75, 3.05) is 0 Å². The first kappa shape index (κ1) is 18.2. The van der Waals surface area contributed by atoms with Gasteiger partial charge >= 0.3 is 0 Å². The van der Waals surface area contributed by atoms with E-state index >= 15 is 0 Å². The van der Waals surface area contributed by atoms with Crippen molar-refractivity contribution in [2.45, 2.75) is 65.6 Å². The van der Waals surface area contributed by atoms with E-state index in [1.54, 1.807) is 4.90 Å². The van der Waals surface area contributed by atoms with E-state index in [4.69, 9.17) is 0 Å². The Hall–Kier alpha value is -1.84. The van der Waals surface area contributed by atoms with E-state index in [1.807, 2.05) is 58.0 Å². The summed E-state index contributed by atoms with van der Waals surface area (Å²) < 4.78 is 0. The summed E-state index contributed by atoms with van der Waals surface area (Å²) in [7, 11) is 0. The summed E-state index contributed by atoms with van der Waals surface area (Å²) >= 11 is 0. The third-order valence-electron chi connectivity index (χ3n) is 3.89. The molecule has 0 saturated carbocycles. The van der Waals surface area contributed by atoms with Gasteiger partial charge < -0.3 is 10.2 Å². The third-order valence-corrected chi connectivity index (χ3v) is 3.89. The van der Waals surface area contributed by atoms with Crippen LogP contribution in [0.3, 0.4) is 0 Å². The van der Waals surface area contributed by atoms with Crippen LogP contribution in [0.2, 0.25) is 0 Å². The van der Waals surface area contributed by atoms with Crippen LogP contribution < -0.4 is 5.32 Å². The van der Waals surface area contributed by atoms with Crippen molar-refractivity contribution in [3.63, 3.8) is 0 Å². The molecule has 2 amide bonds. The lowest BCUT2D eigenvalue weighted by Gasteiger charge is -2.31. The number of benzene rings is 1. The molecule has 0 bridgehead atoms. The summed E-state index contributed by atoms with van der Waals surface area (Å²) in [5, 5.41) is 2.99. The van der Waals surface area contributed by atoms with Crippen molar-refractivity contribution in [3.8, 4) is 0 Å². The van der Waals surface area contributed by atoms with Gasteiger partial charge in [-0.1, -0.05) is 51.1 Å². The van der Waals surface area contributed by atoms with E-state index in [-0.39, 0.29) is 17.9 Å². The second-order valence-electron chi connectivity index (χ2n) is 5.60. The zero-order valence-electron chi connectivity index (χ0n) is 14.1. The Morgan fingerprint density at radius 2 is 1.73 bits per heavy atom. The molecule has 0 unspecified atom stereocenters. The Bertz CT molecular complexity index is 473. The van der Waals surface area contributed by atoms with Gasteiger partial charge in [0.2, 0.25) is 11.8 Å². The molecule has 4 nitrogen and oxygen atoms in total. The molecule has 0 radical (unpaired) electrons. The third kappa shape index (κ3) is 5.17. The van der Waals surface area contributed by atoms with Gasteiger partial charge in [-0.25, -0.2) is 0 Å². The minimum Gasteiger partial charge on any atom is -0.352 e. The molecule has 1 N–H and O–H groups in total. The number of rotatable bonds is 8. The molecular weight excluding hydrogens is 276 g/mol. The quantitative estimate of drug-likeness (QED) is 0.802. The van der Waals surface area contributed by atoms with E-state index in [2.05, 4.69) is 5.32 Å². The molecule has 1 rings (SSSR count). The van der Waals surface area contributed by atoms with Crippen molar-refractivity contribution in [2.24, 2.45) is 0 Å². The van der Waals surface area contributed by atoms with E-state index < -0.39 is 6.04 Å². The Morgan fingerprint density at radius 3 is 2.23 bits per heavy atom. The lowest BCUT2D eigenvalue weighted by molar-refractivity contribution is -0.141. The SMILES string of the molecule is CCC(=O)N(Cc1ccccc1)[C@H](CC)C(=O)N[C@H](C)CC. The van der Waals surface area contributed by atoms with Gasteiger partial charge in [0.1, 0.15) is 6.04 Å². The Morgan fingerprint density at radius 1 is 1.09 bits per heavy atom. The molecule has 2 atom stereocenters. The molecule has 0 heterocycles. The Kier molecular flexibility index (Phi) is 7.64. The van der Waals surface area contributed by atoms with Gasteiger partial charge in [0.15, 0.2) is 0 Å². The summed E-state index contributed by atoms with van der Waals surface area (Å²) in [6.07, 6.45) is 1.89. The molecule has 0 aromatic heterocycles. The van der Waals surface area contributed by atoms with Gasteiger partial charge in [-0.3, -0.25) is 9.59 Å². The van der Waals surface area contributed by atoms with Gasteiger partial charge in [0.25, 0.3) is 0 Å². The minimum absolute atomic E-state index is 0.00926. The second kappa shape index (κ2) is 9.23. The first-order valence-electron chi connectivity index (χ1n) is 8.17. The number of nitrogens with zero attached hydrogens (tertiary/aromatic N) is 1. The van der Waals surface area contributed by atoms with Gasteiger partial charge in [-0.15, -0.1) is 0 Å². The van der Waals surface area contributed by atoms with Crippen molar-refractivity contribution >= 4 is 11.8 Å². The molecule has 0 spiro atoms. The van der Waals surface area contributed by atoms with Crippen molar-refractivity contribution in [3.05, 3.63) is 35.9 Å². The summed E-state index contributed by atoms with van der Waals surface area (Å²) in [5.74, 6) is -0.0513. The fraction of sp³-hybridized carbons (Fsp3) is 0.556. The topological polar surface area (TPSA) is 49.4 Å². The molecule has 4 heteroatoms. The highest BCUT2D eigenvalue weighted by molar-refractivity contribution is 5.87. The maximum atomic E-state index is 12.5. The first-order valence-corrected chi connectivity index (χ1v) is 8.17. The average Bonchev–Trinajstić information content (AvgIpc) is 2.54. The predicted octanol–water partition coefficient (Wildman–Crippen LogP) is 3.12. The molecule has 1 aromatic carbocycles. The van der Waals surface area contributed by atoms with Gasteiger partial charge in [0, 0.05) is 19.0 Å². The fourth-order valence-corrected chi connectivity index (χ4v) is 2.34. The molecule has 0 aliphatic heterocycles. The molecule has 0 aliphatic carbocycles. The Balaban J connectivity index is 2.92. The number of carbonyl (C=O) groups excluding carboxylic acids is 2. The summed E-state index contributed by atoms with van der Waals surface area (Å²) in [6, 6.07) is 9.51. The molecule has 0 aliphatic rings. The predicted molar refractivity (Wildman–Crippen MR) is 89.3 cm³/mol. The Labute approximate surface area is 133 Å². The second-order valence-corrected chi connectivity index (χ2v) is 5.60. The minimum atomic E-state index is -0.415. The highest BCUT2D eigenvalue weighted by Crippen LogP contribution is 2.13. The van der Waals surface area contributed by atoms with Crippen LogP contribution in [0.25, 0.3) is 0 Å². The normalized spacial score (nSPS) is 13.3. The number of nitrogens with one attached hydrogen (secondary N) is 1. The van der Waals surface area contributed by atoms with E-state index in [0.29, 0.717) is 19.4 Å². The van der Waals surface area contributed by atoms with Crippen molar-refractivity contribution in [1.29, 1.82) is 0 Å². The van der Waals surface area contributed by atoms with E-state index in [0.717, 1.165) is 12.0 Å². The molecule has 1 aromatic rings. The molecular formula is C18H28N2O2. The fourth-order valence-electron chi connectivity index (χ4n) is 2.34. The van der Waals surface area contributed by atoms with Crippen LogP contribution in [-0.2, 0) is 16.1 Å². The van der Waals surface area contributed by atoms with Crippen molar-refractivity contribution in [1.82, 2.24) is 10.2 Å². The summed E-state index contributed by atoms with van der Waals surface area (Å²) in [4.78, 5) is 26.5. The zero-order valence-corrected chi connectivity index (χ0v) is 14.1. The molecule has 122 valence electrons. The number of hydrogen-bond donors (Lipinski definition) is 1. The van der Waals surface area contributed by atoms with Crippen LogP contribution >= 0.6 is 0 Å². The number of amides is 2. The number of carbonyl (C=O) groups is 2. The van der Waals surface area contributed by atoms with Crippen LogP contribution in [0.15, 0.2) is 30.3 Å². The van der Waals surface area contributed by atoms with E-state index in [1.165, 1.54) is 0 Å². The van der Waals surface area contributed by atoms with Crippen LogP contribution in [-0.4, -0.2) is 28.8 Å². The maximum Gasteiger partial charge on any atom is 0.243 e. The van der Waals surface area contributed by atoms with Gasteiger partial charge in [-0.05, 0) is 25.3 Å². The lowest BCUT2D eigenvalue weighted by Crippen LogP contribution is -2.50. The van der Waals surface area contributed by atoms with Crippen molar-refractivity contribution < 1.29 is 9.59 Å².